The predicted octanol–water partition coefficient (Wildman–Crippen LogP) is 2.67. The second-order valence-electron chi connectivity index (χ2n) is 4.16. The predicted molar refractivity (Wildman–Crippen MR) is 53.5 cm³/mol. The minimum atomic E-state index is -1.64. The largest absolute Gasteiger partial charge is 0.306 e. The van der Waals surface area contributed by atoms with Gasteiger partial charge in [0.1, 0.15) is 0 Å². The lowest BCUT2D eigenvalue weighted by Gasteiger charge is -2.16. The van der Waals surface area contributed by atoms with E-state index in [1.807, 2.05) is 0 Å². The van der Waals surface area contributed by atoms with Gasteiger partial charge in [0, 0.05) is 0 Å². The van der Waals surface area contributed by atoms with Gasteiger partial charge in [0.05, 0.1) is 5.25 Å². The van der Waals surface area contributed by atoms with E-state index < -0.39 is 11.1 Å². The zero-order valence-electron chi connectivity index (χ0n) is 8.41. The standard InChI is InChI=1S/C9H20O2S/c1-7(2)5-9(12(10)11)6-8(3)4/h7-9H,5-6H2,1-4H3,(H,10,11). The fourth-order valence-corrected chi connectivity index (χ4v) is 2.41. The maximum absolute atomic E-state index is 10.9. The van der Waals surface area contributed by atoms with Crippen molar-refractivity contribution in [3.05, 3.63) is 0 Å². The normalized spacial score (nSPS) is 14.7. The van der Waals surface area contributed by atoms with Gasteiger partial charge in [-0.05, 0) is 24.7 Å². The lowest BCUT2D eigenvalue weighted by molar-refractivity contribution is 0.455. The molecule has 74 valence electrons. The number of hydrogen-bond acceptors (Lipinski definition) is 1. The third-order valence-electron chi connectivity index (χ3n) is 1.75. The fraction of sp³-hybridized carbons (Fsp3) is 1.00. The molecular formula is C9H20O2S. The molecule has 0 aromatic rings. The van der Waals surface area contributed by atoms with Crippen molar-refractivity contribution in [3.8, 4) is 0 Å². The van der Waals surface area contributed by atoms with Crippen LogP contribution in [0.4, 0.5) is 0 Å². The molecule has 1 atom stereocenters. The summed E-state index contributed by atoms with van der Waals surface area (Å²) in [5.41, 5.74) is 0. The Labute approximate surface area is 78.0 Å². The quantitative estimate of drug-likeness (QED) is 0.680. The Kier molecular flexibility index (Phi) is 5.76. The SMILES string of the molecule is CC(C)CC(CC(C)C)S(=O)O. The van der Waals surface area contributed by atoms with Crippen molar-refractivity contribution < 1.29 is 8.76 Å². The van der Waals surface area contributed by atoms with Crippen LogP contribution < -0.4 is 0 Å². The van der Waals surface area contributed by atoms with Crippen molar-refractivity contribution in [2.24, 2.45) is 11.8 Å². The van der Waals surface area contributed by atoms with Crippen LogP contribution in [0, 0.1) is 11.8 Å². The van der Waals surface area contributed by atoms with Gasteiger partial charge in [-0.15, -0.1) is 0 Å². The van der Waals surface area contributed by atoms with Crippen molar-refractivity contribution in [2.75, 3.05) is 0 Å². The first-order valence-electron chi connectivity index (χ1n) is 4.53. The van der Waals surface area contributed by atoms with E-state index in [1.165, 1.54) is 0 Å². The van der Waals surface area contributed by atoms with Gasteiger partial charge in [-0.2, -0.15) is 0 Å². The molecule has 0 aliphatic heterocycles. The Hall–Kier alpha value is 0.110. The van der Waals surface area contributed by atoms with E-state index in [1.54, 1.807) is 0 Å². The topological polar surface area (TPSA) is 37.3 Å². The van der Waals surface area contributed by atoms with Crippen LogP contribution in [0.15, 0.2) is 0 Å². The molecule has 1 unspecified atom stereocenters. The van der Waals surface area contributed by atoms with Crippen LogP contribution in [-0.2, 0) is 11.1 Å². The highest BCUT2D eigenvalue weighted by molar-refractivity contribution is 7.79. The zero-order valence-corrected chi connectivity index (χ0v) is 9.23. The third kappa shape index (κ3) is 5.72. The molecule has 0 heterocycles. The molecular weight excluding hydrogens is 172 g/mol. The van der Waals surface area contributed by atoms with Crippen molar-refractivity contribution in [1.29, 1.82) is 0 Å². The molecule has 1 N–H and O–H groups in total. The summed E-state index contributed by atoms with van der Waals surface area (Å²) in [6.45, 7) is 8.33. The Bertz CT molecular complexity index is 133. The molecule has 0 aliphatic rings. The first kappa shape index (κ1) is 12.1. The van der Waals surface area contributed by atoms with E-state index >= 15 is 0 Å². The summed E-state index contributed by atoms with van der Waals surface area (Å²) in [7, 11) is 0. The Morgan fingerprint density at radius 1 is 1.08 bits per heavy atom. The highest BCUT2D eigenvalue weighted by atomic mass is 32.2. The van der Waals surface area contributed by atoms with Gasteiger partial charge >= 0.3 is 0 Å². The molecule has 0 radical (unpaired) electrons. The van der Waals surface area contributed by atoms with E-state index in [-0.39, 0.29) is 5.25 Å². The van der Waals surface area contributed by atoms with Crippen molar-refractivity contribution >= 4 is 11.1 Å². The van der Waals surface area contributed by atoms with Crippen LogP contribution >= 0.6 is 0 Å². The first-order chi connectivity index (χ1) is 5.43. The molecule has 0 saturated carbocycles. The average molecular weight is 192 g/mol. The minimum absolute atomic E-state index is 0.0370. The summed E-state index contributed by atoms with van der Waals surface area (Å²) in [5, 5.41) is -0.0370. The zero-order chi connectivity index (χ0) is 9.72. The van der Waals surface area contributed by atoms with E-state index in [2.05, 4.69) is 27.7 Å². The molecule has 0 fully saturated rings. The Morgan fingerprint density at radius 3 is 1.58 bits per heavy atom. The highest BCUT2D eigenvalue weighted by Crippen LogP contribution is 2.17. The molecule has 0 aromatic heterocycles. The molecule has 12 heavy (non-hydrogen) atoms. The highest BCUT2D eigenvalue weighted by Gasteiger charge is 2.17. The van der Waals surface area contributed by atoms with Gasteiger partial charge in [-0.3, -0.25) is 0 Å². The molecule has 0 saturated heterocycles. The van der Waals surface area contributed by atoms with E-state index in [0.717, 1.165) is 12.8 Å². The van der Waals surface area contributed by atoms with Gasteiger partial charge in [-0.25, -0.2) is 4.21 Å². The van der Waals surface area contributed by atoms with Crippen LogP contribution in [-0.4, -0.2) is 14.0 Å². The van der Waals surface area contributed by atoms with Gasteiger partial charge in [0.2, 0.25) is 0 Å². The lowest BCUT2D eigenvalue weighted by atomic mass is 10.0. The average Bonchev–Trinajstić information content (AvgIpc) is 1.83. The molecule has 3 heteroatoms. The van der Waals surface area contributed by atoms with E-state index in [4.69, 9.17) is 4.55 Å². The lowest BCUT2D eigenvalue weighted by Crippen LogP contribution is -2.19. The maximum Gasteiger partial charge on any atom is 0.155 e. The summed E-state index contributed by atoms with van der Waals surface area (Å²) in [4.78, 5) is 0. The molecule has 0 amide bonds. The van der Waals surface area contributed by atoms with Crippen LogP contribution in [0.1, 0.15) is 40.5 Å². The maximum atomic E-state index is 10.9. The van der Waals surface area contributed by atoms with Crippen molar-refractivity contribution in [3.63, 3.8) is 0 Å². The van der Waals surface area contributed by atoms with Gasteiger partial charge in [0.15, 0.2) is 11.1 Å². The monoisotopic (exact) mass is 192 g/mol. The molecule has 0 aliphatic carbocycles. The molecule has 0 bridgehead atoms. The van der Waals surface area contributed by atoms with Crippen molar-refractivity contribution in [1.82, 2.24) is 0 Å². The summed E-state index contributed by atoms with van der Waals surface area (Å²) in [6.07, 6.45) is 1.70. The molecule has 2 nitrogen and oxygen atoms in total. The van der Waals surface area contributed by atoms with E-state index in [9.17, 15) is 4.21 Å². The molecule has 0 spiro atoms. The van der Waals surface area contributed by atoms with Crippen molar-refractivity contribution in [2.45, 2.75) is 45.8 Å². The Morgan fingerprint density at radius 2 is 1.42 bits per heavy atom. The Balaban J connectivity index is 3.96. The van der Waals surface area contributed by atoms with Gasteiger partial charge in [0.25, 0.3) is 0 Å². The van der Waals surface area contributed by atoms with Gasteiger partial charge < -0.3 is 4.55 Å². The molecule has 0 rings (SSSR count). The van der Waals surface area contributed by atoms with Crippen LogP contribution in [0.2, 0.25) is 0 Å². The summed E-state index contributed by atoms with van der Waals surface area (Å²) < 4.78 is 19.9. The molecule has 0 aromatic carbocycles. The number of hydrogen-bond donors (Lipinski definition) is 1. The third-order valence-corrected chi connectivity index (χ3v) is 2.71. The van der Waals surface area contributed by atoms with Crippen LogP contribution in [0.5, 0.6) is 0 Å². The fourth-order valence-electron chi connectivity index (χ4n) is 1.31. The number of rotatable bonds is 5. The van der Waals surface area contributed by atoms with Gasteiger partial charge in [-0.1, -0.05) is 27.7 Å². The smallest absolute Gasteiger partial charge is 0.155 e. The summed E-state index contributed by atoms with van der Waals surface area (Å²) >= 11 is -1.64. The van der Waals surface area contributed by atoms with Crippen LogP contribution in [0.3, 0.4) is 0 Å². The van der Waals surface area contributed by atoms with E-state index in [0.29, 0.717) is 11.8 Å². The first-order valence-corrected chi connectivity index (χ1v) is 5.70. The summed E-state index contributed by atoms with van der Waals surface area (Å²) in [5.74, 6) is 1.01. The second-order valence-corrected chi connectivity index (χ2v) is 5.38. The van der Waals surface area contributed by atoms with Crippen LogP contribution in [0.25, 0.3) is 0 Å². The minimum Gasteiger partial charge on any atom is -0.306 e. The second kappa shape index (κ2) is 5.70. The summed E-state index contributed by atoms with van der Waals surface area (Å²) in [6, 6.07) is 0.